The van der Waals surface area contributed by atoms with E-state index in [4.69, 9.17) is 11.5 Å². The highest BCUT2D eigenvalue weighted by Crippen LogP contribution is 2.27. The lowest BCUT2D eigenvalue weighted by Gasteiger charge is -2.33. The van der Waals surface area contributed by atoms with Crippen LogP contribution in [-0.2, 0) is 0 Å². The van der Waals surface area contributed by atoms with Crippen LogP contribution in [0.15, 0.2) is 0 Å². The fourth-order valence-electron chi connectivity index (χ4n) is 1.17. The standard InChI is InChI=1S/C6H14N2.C2H6/c7-4-3-5-1-2-6(5)8;1-2/h5-6H,1-4,7-8H2;1-2H3. The molecule has 0 aromatic rings. The van der Waals surface area contributed by atoms with Crippen LogP contribution >= 0.6 is 0 Å². The summed E-state index contributed by atoms with van der Waals surface area (Å²) in [6.45, 7) is 4.80. The molecule has 1 aliphatic rings. The average molecular weight is 144 g/mol. The lowest BCUT2D eigenvalue weighted by Crippen LogP contribution is -2.40. The van der Waals surface area contributed by atoms with E-state index in [1.165, 1.54) is 12.8 Å². The molecule has 1 aliphatic carbocycles. The average Bonchev–Trinajstić information content (AvgIpc) is 2.01. The van der Waals surface area contributed by atoms with Gasteiger partial charge in [-0.3, -0.25) is 0 Å². The van der Waals surface area contributed by atoms with Crippen molar-refractivity contribution in [3.63, 3.8) is 0 Å². The molecule has 0 radical (unpaired) electrons. The van der Waals surface area contributed by atoms with Crippen molar-refractivity contribution in [2.24, 2.45) is 17.4 Å². The Morgan fingerprint density at radius 2 is 1.90 bits per heavy atom. The number of rotatable bonds is 2. The Morgan fingerprint density at radius 3 is 2.00 bits per heavy atom. The van der Waals surface area contributed by atoms with E-state index in [0.29, 0.717) is 6.04 Å². The molecule has 10 heavy (non-hydrogen) atoms. The third-order valence-electron chi connectivity index (χ3n) is 2.01. The van der Waals surface area contributed by atoms with Crippen molar-refractivity contribution in [3.05, 3.63) is 0 Å². The molecule has 1 rings (SSSR count). The Morgan fingerprint density at radius 1 is 1.30 bits per heavy atom. The first-order valence-corrected chi connectivity index (χ1v) is 4.30. The fraction of sp³-hybridized carbons (Fsp3) is 1.00. The normalized spacial score (nSPS) is 30.0. The molecule has 2 heteroatoms. The molecule has 0 amide bonds. The molecular formula is C8H20N2. The van der Waals surface area contributed by atoms with Gasteiger partial charge in [-0.15, -0.1) is 0 Å². The molecule has 4 N–H and O–H groups in total. The van der Waals surface area contributed by atoms with Crippen LogP contribution in [-0.4, -0.2) is 12.6 Å². The zero-order valence-electron chi connectivity index (χ0n) is 7.14. The summed E-state index contributed by atoms with van der Waals surface area (Å²) in [5, 5.41) is 0. The quantitative estimate of drug-likeness (QED) is 0.609. The summed E-state index contributed by atoms with van der Waals surface area (Å²) in [5.74, 6) is 0.750. The Bertz CT molecular complexity index is 73.7. The van der Waals surface area contributed by atoms with E-state index in [0.717, 1.165) is 18.9 Å². The van der Waals surface area contributed by atoms with Gasteiger partial charge in [-0.1, -0.05) is 13.8 Å². The summed E-state index contributed by atoms with van der Waals surface area (Å²) >= 11 is 0. The third-order valence-corrected chi connectivity index (χ3v) is 2.01. The maximum atomic E-state index is 5.65. The van der Waals surface area contributed by atoms with Crippen LogP contribution in [0.5, 0.6) is 0 Å². The van der Waals surface area contributed by atoms with Crippen molar-refractivity contribution in [3.8, 4) is 0 Å². The summed E-state index contributed by atoms with van der Waals surface area (Å²) in [6.07, 6.45) is 3.64. The summed E-state index contributed by atoms with van der Waals surface area (Å²) in [5.41, 5.74) is 11.0. The molecular weight excluding hydrogens is 124 g/mol. The van der Waals surface area contributed by atoms with Crippen LogP contribution in [0.25, 0.3) is 0 Å². The monoisotopic (exact) mass is 144 g/mol. The van der Waals surface area contributed by atoms with Gasteiger partial charge in [-0.05, 0) is 31.7 Å². The molecule has 1 fully saturated rings. The van der Waals surface area contributed by atoms with Gasteiger partial charge in [-0.2, -0.15) is 0 Å². The molecule has 0 saturated heterocycles. The second-order valence-corrected chi connectivity index (χ2v) is 2.58. The first-order chi connectivity index (χ1) is 4.84. The van der Waals surface area contributed by atoms with E-state index in [9.17, 15) is 0 Å². The summed E-state index contributed by atoms with van der Waals surface area (Å²) in [4.78, 5) is 0. The molecule has 0 bridgehead atoms. The van der Waals surface area contributed by atoms with Gasteiger partial charge < -0.3 is 11.5 Å². The highest BCUT2D eigenvalue weighted by Gasteiger charge is 2.25. The van der Waals surface area contributed by atoms with Gasteiger partial charge in [0.15, 0.2) is 0 Å². The van der Waals surface area contributed by atoms with E-state index in [-0.39, 0.29) is 0 Å². The van der Waals surface area contributed by atoms with Crippen LogP contribution in [0.1, 0.15) is 33.1 Å². The minimum atomic E-state index is 0.471. The Balaban J connectivity index is 0.000000371. The molecule has 0 spiro atoms. The maximum Gasteiger partial charge on any atom is 0.00677 e. The van der Waals surface area contributed by atoms with Gasteiger partial charge in [0, 0.05) is 6.04 Å². The summed E-state index contributed by atoms with van der Waals surface area (Å²) < 4.78 is 0. The number of hydrogen-bond donors (Lipinski definition) is 2. The van der Waals surface area contributed by atoms with Gasteiger partial charge in [0.2, 0.25) is 0 Å². The van der Waals surface area contributed by atoms with Crippen molar-refractivity contribution in [2.45, 2.75) is 39.2 Å². The predicted molar refractivity (Wildman–Crippen MR) is 45.7 cm³/mol. The highest BCUT2D eigenvalue weighted by atomic mass is 14.7. The minimum absolute atomic E-state index is 0.471. The molecule has 1 saturated carbocycles. The summed E-state index contributed by atoms with van der Waals surface area (Å²) in [6, 6.07) is 0.471. The molecule has 0 aromatic heterocycles. The van der Waals surface area contributed by atoms with Crippen LogP contribution in [0, 0.1) is 5.92 Å². The molecule has 2 nitrogen and oxygen atoms in total. The molecule has 2 atom stereocenters. The van der Waals surface area contributed by atoms with Gasteiger partial charge in [-0.25, -0.2) is 0 Å². The van der Waals surface area contributed by atoms with Gasteiger partial charge in [0.05, 0.1) is 0 Å². The van der Waals surface area contributed by atoms with E-state index >= 15 is 0 Å². The van der Waals surface area contributed by atoms with E-state index < -0.39 is 0 Å². The molecule has 2 unspecified atom stereocenters. The van der Waals surface area contributed by atoms with Gasteiger partial charge in [0.1, 0.15) is 0 Å². The fourth-order valence-corrected chi connectivity index (χ4v) is 1.17. The minimum Gasteiger partial charge on any atom is -0.330 e. The van der Waals surface area contributed by atoms with Crippen LogP contribution in [0.2, 0.25) is 0 Å². The van der Waals surface area contributed by atoms with Crippen molar-refractivity contribution >= 4 is 0 Å². The van der Waals surface area contributed by atoms with Gasteiger partial charge >= 0.3 is 0 Å². The van der Waals surface area contributed by atoms with Crippen molar-refractivity contribution in [1.82, 2.24) is 0 Å². The van der Waals surface area contributed by atoms with Crippen molar-refractivity contribution < 1.29 is 0 Å². The number of nitrogens with two attached hydrogens (primary N) is 2. The van der Waals surface area contributed by atoms with E-state index in [2.05, 4.69) is 0 Å². The Hall–Kier alpha value is -0.0800. The smallest absolute Gasteiger partial charge is 0.00677 e. The molecule has 0 aliphatic heterocycles. The van der Waals surface area contributed by atoms with Gasteiger partial charge in [0.25, 0.3) is 0 Å². The molecule has 62 valence electrons. The lowest BCUT2D eigenvalue weighted by molar-refractivity contribution is 0.245. The Kier molecular flexibility index (Phi) is 5.64. The van der Waals surface area contributed by atoms with Crippen LogP contribution < -0.4 is 11.5 Å². The zero-order chi connectivity index (χ0) is 7.98. The predicted octanol–water partition coefficient (Wildman–Crippen LogP) is 1.10. The Labute approximate surface area is 64.0 Å². The van der Waals surface area contributed by atoms with E-state index in [1.807, 2.05) is 13.8 Å². The van der Waals surface area contributed by atoms with Crippen molar-refractivity contribution in [2.75, 3.05) is 6.54 Å². The lowest BCUT2D eigenvalue weighted by atomic mass is 9.78. The second-order valence-electron chi connectivity index (χ2n) is 2.58. The molecule has 0 heterocycles. The third kappa shape index (κ3) is 2.67. The summed E-state index contributed by atoms with van der Waals surface area (Å²) in [7, 11) is 0. The number of hydrogen-bond acceptors (Lipinski definition) is 2. The van der Waals surface area contributed by atoms with Crippen LogP contribution in [0.3, 0.4) is 0 Å². The first kappa shape index (κ1) is 9.92. The van der Waals surface area contributed by atoms with Crippen LogP contribution in [0.4, 0.5) is 0 Å². The SMILES string of the molecule is CC.NCCC1CCC1N. The largest absolute Gasteiger partial charge is 0.330 e. The zero-order valence-corrected chi connectivity index (χ0v) is 7.14. The van der Waals surface area contributed by atoms with E-state index in [1.54, 1.807) is 0 Å². The second kappa shape index (κ2) is 5.69. The topological polar surface area (TPSA) is 52.0 Å². The highest BCUT2D eigenvalue weighted by molar-refractivity contribution is 4.83. The maximum absolute atomic E-state index is 5.65. The molecule has 0 aromatic carbocycles. The first-order valence-electron chi connectivity index (χ1n) is 4.30. The van der Waals surface area contributed by atoms with Crippen molar-refractivity contribution in [1.29, 1.82) is 0 Å².